The Kier molecular flexibility index (Phi) is 3.53. The zero-order valence-electron chi connectivity index (χ0n) is 10.2. The number of nitrogens with one attached hydrogen (secondary N) is 2. The van der Waals surface area contributed by atoms with Crippen LogP contribution in [0.5, 0.6) is 0 Å². The van der Waals surface area contributed by atoms with E-state index < -0.39 is 0 Å². The lowest BCUT2D eigenvalue weighted by Crippen LogP contribution is -2.24. The Morgan fingerprint density at radius 3 is 2.94 bits per heavy atom. The van der Waals surface area contributed by atoms with E-state index in [1.807, 2.05) is 0 Å². The molecule has 0 saturated heterocycles. The number of aromatic amines is 1. The first-order valence-corrected chi connectivity index (χ1v) is 5.85. The highest BCUT2D eigenvalue weighted by Gasteiger charge is 2.06. The van der Waals surface area contributed by atoms with Crippen LogP contribution < -0.4 is 11.1 Å². The van der Waals surface area contributed by atoms with Gasteiger partial charge in [-0.05, 0) is 13.0 Å². The molecule has 92 valence electrons. The molecule has 4 N–H and O–H groups in total. The number of fused-ring (bicyclic) bond motifs is 1. The van der Waals surface area contributed by atoms with Crippen LogP contribution in [0.4, 0.5) is 5.82 Å². The van der Waals surface area contributed by atoms with Gasteiger partial charge in [0.25, 0.3) is 0 Å². The van der Waals surface area contributed by atoms with Crippen molar-refractivity contribution in [2.75, 3.05) is 12.3 Å². The third-order valence-electron chi connectivity index (χ3n) is 2.51. The maximum atomic E-state index is 5.73. The van der Waals surface area contributed by atoms with Crippen LogP contribution in [0.15, 0.2) is 6.33 Å². The summed E-state index contributed by atoms with van der Waals surface area (Å²) in [7, 11) is 0. The second-order valence-corrected chi connectivity index (χ2v) is 4.35. The summed E-state index contributed by atoms with van der Waals surface area (Å²) in [6, 6.07) is 0.521. The fraction of sp³-hybridized carbons (Fsp3) is 0.545. The third-order valence-corrected chi connectivity index (χ3v) is 2.51. The highest BCUT2D eigenvalue weighted by molar-refractivity contribution is 5.80. The Morgan fingerprint density at radius 1 is 1.41 bits per heavy atom. The van der Waals surface area contributed by atoms with E-state index in [9.17, 15) is 0 Å². The first-order chi connectivity index (χ1) is 8.16. The van der Waals surface area contributed by atoms with Crippen LogP contribution in [0.25, 0.3) is 11.2 Å². The molecular formula is C11H18N6. The summed E-state index contributed by atoms with van der Waals surface area (Å²) in [5, 5.41) is 3.37. The number of nitrogen functional groups attached to an aromatic ring is 1. The van der Waals surface area contributed by atoms with Crippen molar-refractivity contribution in [2.24, 2.45) is 0 Å². The molecule has 0 radical (unpaired) electrons. The number of aryl methyl sites for hydroxylation is 1. The van der Waals surface area contributed by atoms with Crippen molar-refractivity contribution in [1.82, 2.24) is 25.3 Å². The van der Waals surface area contributed by atoms with Gasteiger partial charge in [0.2, 0.25) is 0 Å². The SMILES string of the molecule is CC(C)NCCCc1nc2ncnc(N)c2[nH]1. The van der Waals surface area contributed by atoms with Gasteiger partial charge in [-0.15, -0.1) is 0 Å². The van der Waals surface area contributed by atoms with E-state index in [4.69, 9.17) is 5.73 Å². The molecule has 0 fully saturated rings. The molecule has 17 heavy (non-hydrogen) atoms. The molecule has 0 aromatic carbocycles. The number of hydrogen-bond donors (Lipinski definition) is 3. The average molecular weight is 234 g/mol. The van der Waals surface area contributed by atoms with Crippen molar-refractivity contribution in [1.29, 1.82) is 0 Å². The van der Waals surface area contributed by atoms with Crippen LogP contribution in [0, 0.1) is 0 Å². The number of nitrogens with zero attached hydrogens (tertiary/aromatic N) is 3. The van der Waals surface area contributed by atoms with Gasteiger partial charge in [0.05, 0.1) is 0 Å². The van der Waals surface area contributed by atoms with Gasteiger partial charge in [0.1, 0.15) is 17.7 Å². The molecule has 0 bridgehead atoms. The molecule has 6 nitrogen and oxygen atoms in total. The highest BCUT2D eigenvalue weighted by atomic mass is 15.0. The molecule has 0 aliphatic heterocycles. The Bertz CT molecular complexity index is 490. The molecule has 2 aromatic heterocycles. The van der Waals surface area contributed by atoms with Gasteiger partial charge in [-0.25, -0.2) is 15.0 Å². The van der Waals surface area contributed by atoms with Crippen molar-refractivity contribution in [3.63, 3.8) is 0 Å². The summed E-state index contributed by atoms with van der Waals surface area (Å²) in [5.41, 5.74) is 7.11. The normalized spacial score (nSPS) is 11.5. The molecule has 0 amide bonds. The van der Waals surface area contributed by atoms with E-state index in [2.05, 4.69) is 39.1 Å². The van der Waals surface area contributed by atoms with Crippen molar-refractivity contribution in [3.8, 4) is 0 Å². The van der Waals surface area contributed by atoms with Gasteiger partial charge in [0.15, 0.2) is 11.5 Å². The molecule has 0 spiro atoms. The van der Waals surface area contributed by atoms with Gasteiger partial charge >= 0.3 is 0 Å². The van der Waals surface area contributed by atoms with Crippen LogP contribution in [0.1, 0.15) is 26.1 Å². The molecule has 2 heterocycles. The number of anilines is 1. The van der Waals surface area contributed by atoms with Gasteiger partial charge < -0.3 is 16.0 Å². The number of rotatable bonds is 5. The van der Waals surface area contributed by atoms with E-state index >= 15 is 0 Å². The topological polar surface area (TPSA) is 92.5 Å². The molecule has 2 rings (SSSR count). The molecule has 0 atom stereocenters. The fourth-order valence-corrected chi connectivity index (χ4v) is 1.66. The molecule has 6 heteroatoms. The van der Waals surface area contributed by atoms with Crippen LogP contribution in [0.3, 0.4) is 0 Å². The van der Waals surface area contributed by atoms with Crippen LogP contribution in [0.2, 0.25) is 0 Å². The maximum Gasteiger partial charge on any atom is 0.183 e. The lowest BCUT2D eigenvalue weighted by atomic mass is 10.3. The second kappa shape index (κ2) is 5.09. The highest BCUT2D eigenvalue weighted by Crippen LogP contribution is 2.13. The number of nitrogens with two attached hydrogens (primary N) is 1. The van der Waals surface area contributed by atoms with Crippen molar-refractivity contribution < 1.29 is 0 Å². The van der Waals surface area contributed by atoms with Gasteiger partial charge in [-0.2, -0.15) is 0 Å². The van der Waals surface area contributed by atoms with Gasteiger partial charge in [0, 0.05) is 12.5 Å². The van der Waals surface area contributed by atoms with Gasteiger partial charge in [-0.1, -0.05) is 13.8 Å². The summed E-state index contributed by atoms with van der Waals surface area (Å²) in [6.07, 6.45) is 3.35. The largest absolute Gasteiger partial charge is 0.382 e. The van der Waals surface area contributed by atoms with E-state index in [-0.39, 0.29) is 0 Å². The van der Waals surface area contributed by atoms with E-state index in [0.29, 0.717) is 17.5 Å². The molecular weight excluding hydrogens is 216 g/mol. The van der Waals surface area contributed by atoms with Crippen molar-refractivity contribution in [2.45, 2.75) is 32.7 Å². The molecule has 0 aliphatic rings. The molecule has 0 aliphatic carbocycles. The monoisotopic (exact) mass is 234 g/mol. The fourth-order valence-electron chi connectivity index (χ4n) is 1.66. The summed E-state index contributed by atoms with van der Waals surface area (Å²) < 4.78 is 0. The average Bonchev–Trinajstić information content (AvgIpc) is 2.69. The number of aromatic nitrogens is 4. The zero-order valence-corrected chi connectivity index (χ0v) is 10.2. The summed E-state index contributed by atoms with van der Waals surface area (Å²) in [4.78, 5) is 15.5. The zero-order chi connectivity index (χ0) is 12.3. The Hall–Kier alpha value is -1.69. The van der Waals surface area contributed by atoms with Crippen LogP contribution >= 0.6 is 0 Å². The standard InChI is InChI=1S/C11H18N6/c1-7(2)13-5-3-4-8-16-9-10(12)14-6-15-11(9)17-8/h6-7,13H,3-5H2,1-2H3,(H3,12,14,15,16,17). The van der Waals surface area contributed by atoms with E-state index in [1.54, 1.807) is 0 Å². The predicted molar refractivity (Wildman–Crippen MR) is 67.6 cm³/mol. The lowest BCUT2D eigenvalue weighted by molar-refractivity contribution is 0.567. The summed E-state index contributed by atoms with van der Waals surface area (Å²) in [5.74, 6) is 1.37. The smallest absolute Gasteiger partial charge is 0.183 e. The number of hydrogen-bond acceptors (Lipinski definition) is 5. The molecule has 0 unspecified atom stereocenters. The first kappa shape index (κ1) is 11.8. The second-order valence-electron chi connectivity index (χ2n) is 4.35. The van der Waals surface area contributed by atoms with E-state index in [0.717, 1.165) is 30.7 Å². The van der Waals surface area contributed by atoms with Crippen molar-refractivity contribution >= 4 is 17.0 Å². The lowest BCUT2D eigenvalue weighted by Gasteiger charge is -2.06. The Balaban J connectivity index is 1.98. The van der Waals surface area contributed by atoms with E-state index in [1.165, 1.54) is 6.33 Å². The molecule has 0 saturated carbocycles. The minimum atomic E-state index is 0.453. The Morgan fingerprint density at radius 2 is 2.24 bits per heavy atom. The molecule has 2 aromatic rings. The first-order valence-electron chi connectivity index (χ1n) is 5.85. The summed E-state index contributed by atoms with van der Waals surface area (Å²) >= 11 is 0. The number of imidazole rings is 1. The van der Waals surface area contributed by atoms with Crippen molar-refractivity contribution in [3.05, 3.63) is 12.2 Å². The van der Waals surface area contributed by atoms with Gasteiger partial charge in [-0.3, -0.25) is 0 Å². The quantitative estimate of drug-likeness (QED) is 0.667. The summed E-state index contributed by atoms with van der Waals surface area (Å²) in [6.45, 7) is 5.25. The van der Waals surface area contributed by atoms with Crippen LogP contribution in [-0.2, 0) is 6.42 Å². The third kappa shape index (κ3) is 2.91. The number of H-pyrrole nitrogens is 1. The minimum absolute atomic E-state index is 0.453. The maximum absolute atomic E-state index is 5.73. The van der Waals surface area contributed by atoms with Crippen LogP contribution in [-0.4, -0.2) is 32.5 Å². The Labute approximate surface area is 100 Å². The minimum Gasteiger partial charge on any atom is -0.382 e. The predicted octanol–water partition coefficient (Wildman–Crippen LogP) is 0.866.